The summed E-state index contributed by atoms with van der Waals surface area (Å²) in [6, 6.07) is 1.98. The number of amides is 1. The van der Waals surface area contributed by atoms with Crippen molar-refractivity contribution in [3.63, 3.8) is 0 Å². The van der Waals surface area contributed by atoms with E-state index in [-0.39, 0.29) is 5.91 Å². The van der Waals surface area contributed by atoms with Crippen molar-refractivity contribution in [1.29, 1.82) is 0 Å². The topological polar surface area (TPSA) is 58.4 Å². The Morgan fingerprint density at radius 3 is 2.95 bits per heavy atom. The summed E-state index contributed by atoms with van der Waals surface area (Å²) >= 11 is 1.52. The fourth-order valence-electron chi connectivity index (χ4n) is 2.65. The molecule has 1 aliphatic heterocycles. The van der Waals surface area contributed by atoms with Crippen molar-refractivity contribution in [2.45, 2.75) is 33.7 Å². The van der Waals surface area contributed by atoms with Crippen LogP contribution in [-0.4, -0.2) is 23.9 Å². The van der Waals surface area contributed by atoms with Gasteiger partial charge in [-0.15, -0.1) is 11.3 Å². The molecule has 1 aromatic rings. The summed E-state index contributed by atoms with van der Waals surface area (Å²) in [4.78, 5) is 15.9. The molecule has 2 heterocycles. The molecule has 0 aromatic carbocycles. The van der Waals surface area contributed by atoms with E-state index >= 15 is 0 Å². The smallest absolute Gasteiger partial charge is 0.275 e. The number of thiophene rings is 1. The summed E-state index contributed by atoms with van der Waals surface area (Å²) in [5.41, 5.74) is 3.45. The summed E-state index contributed by atoms with van der Waals surface area (Å²) in [6.45, 7) is 9.95. The fourth-order valence-corrected chi connectivity index (χ4v) is 3.59. The Bertz CT molecular complexity index is 456. The highest BCUT2D eigenvalue weighted by Gasteiger charge is 2.25. The van der Waals surface area contributed by atoms with Crippen LogP contribution in [0.15, 0.2) is 6.07 Å². The van der Waals surface area contributed by atoms with Gasteiger partial charge in [0.15, 0.2) is 0 Å². The van der Waals surface area contributed by atoms with Gasteiger partial charge in [-0.1, -0.05) is 13.8 Å². The molecule has 106 valence electrons. The lowest BCUT2D eigenvalue weighted by molar-refractivity contribution is 0.0957. The first-order chi connectivity index (χ1) is 9.01. The number of nitrogens with two attached hydrogens (primary N) is 1. The summed E-state index contributed by atoms with van der Waals surface area (Å²) in [5, 5.41) is 0. The second-order valence-corrected chi connectivity index (χ2v) is 6.95. The van der Waals surface area contributed by atoms with Crippen LogP contribution in [0.1, 0.15) is 40.4 Å². The minimum absolute atomic E-state index is 0.194. The van der Waals surface area contributed by atoms with Crippen LogP contribution in [0.3, 0.4) is 0 Å². The molecular formula is C14H23N3OS. The molecule has 1 saturated heterocycles. The van der Waals surface area contributed by atoms with E-state index in [2.05, 4.69) is 31.1 Å². The largest absolute Gasteiger partial charge is 0.299 e. The molecule has 0 spiro atoms. The maximum Gasteiger partial charge on any atom is 0.275 e. The molecule has 1 atom stereocenters. The van der Waals surface area contributed by atoms with Crippen LogP contribution in [0.4, 0.5) is 0 Å². The third-order valence-corrected chi connectivity index (χ3v) is 5.11. The van der Waals surface area contributed by atoms with E-state index in [0.717, 1.165) is 24.9 Å². The van der Waals surface area contributed by atoms with Crippen molar-refractivity contribution in [3.05, 3.63) is 21.4 Å². The standard InChI is InChI=1S/C14H23N3OS/c1-9(2)11-4-5-17(7-11)8-12-6-13(14(18)16-15)19-10(12)3/h6,9,11H,4-5,7-8,15H2,1-3H3,(H,16,18). The number of nitrogens with one attached hydrogen (secondary N) is 1. The van der Waals surface area contributed by atoms with Gasteiger partial charge in [-0.2, -0.15) is 0 Å². The molecule has 1 unspecified atom stereocenters. The van der Waals surface area contributed by atoms with E-state index in [1.807, 2.05) is 6.07 Å². The highest BCUT2D eigenvalue weighted by Crippen LogP contribution is 2.28. The normalized spacial score (nSPS) is 20.2. The van der Waals surface area contributed by atoms with Crippen LogP contribution in [0.2, 0.25) is 0 Å². The molecule has 0 bridgehead atoms. The van der Waals surface area contributed by atoms with Gasteiger partial charge in [-0.05, 0) is 43.4 Å². The average Bonchev–Trinajstić information content (AvgIpc) is 2.97. The molecule has 0 saturated carbocycles. The Kier molecular flexibility index (Phi) is 4.60. The van der Waals surface area contributed by atoms with Crippen molar-refractivity contribution < 1.29 is 4.79 Å². The van der Waals surface area contributed by atoms with E-state index in [9.17, 15) is 4.79 Å². The zero-order valence-electron chi connectivity index (χ0n) is 11.9. The molecule has 1 aliphatic rings. The number of likely N-dealkylation sites (tertiary alicyclic amines) is 1. The van der Waals surface area contributed by atoms with Gasteiger partial charge < -0.3 is 0 Å². The molecule has 3 N–H and O–H groups in total. The van der Waals surface area contributed by atoms with E-state index in [4.69, 9.17) is 5.84 Å². The number of carbonyl (C=O) groups is 1. The highest BCUT2D eigenvalue weighted by atomic mass is 32.1. The SMILES string of the molecule is Cc1sc(C(=O)NN)cc1CN1CCC(C(C)C)C1. The van der Waals surface area contributed by atoms with Crippen molar-refractivity contribution in [3.8, 4) is 0 Å². The van der Waals surface area contributed by atoms with Crippen molar-refractivity contribution in [2.24, 2.45) is 17.7 Å². The van der Waals surface area contributed by atoms with E-state index in [1.165, 1.54) is 34.7 Å². The molecule has 5 heteroatoms. The van der Waals surface area contributed by atoms with E-state index in [0.29, 0.717) is 4.88 Å². The Morgan fingerprint density at radius 2 is 2.37 bits per heavy atom. The third kappa shape index (κ3) is 3.35. The molecule has 0 aliphatic carbocycles. The Morgan fingerprint density at radius 1 is 1.63 bits per heavy atom. The molecule has 1 fully saturated rings. The van der Waals surface area contributed by atoms with Gasteiger partial charge in [0.2, 0.25) is 0 Å². The minimum atomic E-state index is -0.194. The van der Waals surface area contributed by atoms with Crippen LogP contribution in [0.5, 0.6) is 0 Å². The lowest BCUT2D eigenvalue weighted by atomic mass is 9.95. The maximum absolute atomic E-state index is 11.5. The number of hydrazine groups is 1. The minimum Gasteiger partial charge on any atom is -0.299 e. The molecule has 19 heavy (non-hydrogen) atoms. The molecule has 2 rings (SSSR count). The number of nitrogen functional groups attached to an aromatic ring is 1. The van der Waals surface area contributed by atoms with Crippen molar-refractivity contribution in [1.82, 2.24) is 10.3 Å². The van der Waals surface area contributed by atoms with E-state index < -0.39 is 0 Å². The zero-order chi connectivity index (χ0) is 14.0. The average molecular weight is 281 g/mol. The quantitative estimate of drug-likeness (QED) is 0.505. The van der Waals surface area contributed by atoms with Crippen LogP contribution in [0.25, 0.3) is 0 Å². The number of nitrogens with zero attached hydrogens (tertiary/aromatic N) is 1. The Balaban J connectivity index is 2.00. The van der Waals surface area contributed by atoms with Gasteiger partial charge in [0, 0.05) is 18.0 Å². The highest BCUT2D eigenvalue weighted by molar-refractivity contribution is 7.14. The fraction of sp³-hybridized carbons (Fsp3) is 0.643. The van der Waals surface area contributed by atoms with Crippen LogP contribution < -0.4 is 11.3 Å². The van der Waals surface area contributed by atoms with Gasteiger partial charge in [0.1, 0.15) is 0 Å². The monoisotopic (exact) mass is 281 g/mol. The first-order valence-corrected chi connectivity index (χ1v) is 7.65. The van der Waals surface area contributed by atoms with Crippen molar-refractivity contribution in [2.75, 3.05) is 13.1 Å². The summed E-state index contributed by atoms with van der Waals surface area (Å²) in [6.07, 6.45) is 1.29. The number of hydrogen-bond donors (Lipinski definition) is 2. The molecule has 1 aromatic heterocycles. The first-order valence-electron chi connectivity index (χ1n) is 6.84. The van der Waals surface area contributed by atoms with Gasteiger partial charge >= 0.3 is 0 Å². The maximum atomic E-state index is 11.5. The number of carbonyl (C=O) groups excluding carboxylic acids is 1. The number of aryl methyl sites for hydroxylation is 1. The Hall–Kier alpha value is -0.910. The van der Waals surface area contributed by atoms with Gasteiger partial charge in [0.25, 0.3) is 5.91 Å². The molecule has 0 radical (unpaired) electrons. The predicted octanol–water partition coefficient (Wildman–Crippen LogP) is 2.14. The first kappa shape index (κ1) is 14.5. The third-order valence-electron chi connectivity index (χ3n) is 4.02. The summed E-state index contributed by atoms with van der Waals surface area (Å²) < 4.78 is 0. The van der Waals surface area contributed by atoms with Crippen LogP contribution in [0, 0.1) is 18.8 Å². The second-order valence-electron chi connectivity index (χ2n) is 5.69. The molecule has 4 nitrogen and oxygen atoms in total. The van der Waals surface area contributed by atoms with Crippen molar-refractivity contribution >= 4 is 17.2 Å². The Labute approximate surface area is 118 Å². The second kappa shape index (κ2) is 6.03. The van der Waals surface area contributed by atoms with E-state index in [1.54, 1.807) is 0 Å². The molecular weight excluding hydrogens is 258 g/mol. The van der Waals surface area contributed by atoms with Crippen LogP contribution in [-0.2, 0) is 6.54 Å². The summed E-state index contributed by atoms with van der Waals surface area (Å²) in [5.74, 6) is 6.55. The lowest BCUT2D eigenvalue weighted by Crippen LogP contribution is -2.29. The van der Waals surface area contributed by atoms with Gasteiger partial charge in [-0.25, -0.2) is 5.84 Å². The van der Waals surface area contributed by atoms with Gasteiger partial charge in [0.05, 0.1) is 4.88 Å². The number of rotatable bonds is 4. The van der Waals surface area contributed by atoms with Crippen LogP contribution >= 0.6 is 11.3 Å². The lowest BCUT2D eigenvalue weighted by Gasteiger charge is -2.17. The molecule has 1 amide bonds. The summed E-state index contributed by atoms with van der Waals surface area (Å²) in [7, 11) is 0. The van der Waals surface area contributed by atoms with Gasteiger partial charge in [-0.3, -0.25) is 15.1 Å². The predicted molar refractivity (Wildman–Crippen MR) is 78.9 cm³/mol. The number of hydrogen-bond acceptors (Lipinski definition) is 4. The zero-order valence-corrected chi connectivity index (χ0v) is 12.7.